The van der Waals surface area contributed by atoms with Gasteiger partial charge in [0.15, 0.2) is 0 Å². The van der Waals surface area contributed by atoms with Gasteiger partial charge in [0.05, 0.1) is 11.4 Å². The van der Waals surface area contributed by atoms with Gasteiger partial charge in [0, 0.05) is 25.1 Å². The van der Waals surface area contributed by atoms with E-state index in [1.807, 2.05) is 50.2 Å². The molecule has 0 fully saturated rings. The summed E-state index contributed by atoms with van der Waals surface area (Å²) in [5, 5.41) is 0.650. The molecule has 4 rings (SSSR count). The van der Waals surface area contributed by atoms with Crippen LogP contribution in [0.1, 0.15) is 19.5 Å². The van der Waals surface area contributed by atoms with Gasteiger partial charge in [0.25, 0.3) is 0 Å². The Hall–Kier alpha value is -1.30. The minimum atomic E-state index is -0.522. The number of benzene rings is 2. The normalized spacial score (nSPS) is 14.7. The van der Waals surface area contributed by atoms with E-state index in [0.29, 0.717) is 5.02 Å². The van der Waals surface area contributed by atoms with Gasteiger partial charge in [-0.25, -0.2) is 4.98 Å². The van der Waals surface area contributed by atoms with Crippen LogP contribution in [-0.4, -0.2) is 9.97 Å². The molecular weight excluding hydrogens is 455 g/mol. The van der Waals surface area contributed by atoms with Crippen LogP contribution in [0.4, 0.5) is 0 Å². The molecule has 0 spiro atoms. The first kappa shape index (κ1) is 16.2. The van der Waals surface area contributed by atoms with E-state index in [1.54, 1.807) is 0 Å². The first-order chi connectivity index (χ1) is 11.4. The smallest absolute Gasteiger partial charge is 0.145 e. The number of nitrogens with zero attached hydrogens (tertiary/aromatic N) is 1. The fraction of sp³-hybridized carbons (Fsp3) is 0.167. The molecule has 1 aromatic heterocycles. The van der Waals surface area contributed by atoms with Crippen LogP contribution >= 0.6 is 43.5 Å². The van der Waals surface area contributed by atoms with E-state index >= 15 is 0 Å². The van der Waals surface area contributed by atoms with Crippen LogP contribution in [-0.2, 0) is 5.60 Å². The molecule has 1 aliphatic rings. The van der Waals surface area contributed by atoms with E-state index in [4.69, 9.17) is 21.3 Å². The van der Waals surface area contributed by atoms with Gasteiger partial charge in [-0.1, -0.05) is 17.7 Å². The maximum atomic E-state index is 6.16. The van der Waals surface area contributed by atoms with E-state index in [0.717, 1.165) is 43.0 Å². The highest BCUT2D eigenvalue weighted by atomic mass is 79.9. The van der Waals surface area contributed by atoms with Crippen molar-refractivity contribution in [2.24, 2.45) is 0 Å². The van der Waals surface area contributed by atoms with Crippen LogP contribution in [0.5, 0.6) is 5.75 Å². The van der Waals surface area contributed by atoms with Crippen LogP contribution in [0.25, 0.3) is 22.6 Å². The summed E-state index contributed by atoms with van der Waals surface area (Å²) < 4.78 is 8.10. The summed E-state index contributed by atoms with van der Waals surface area (Å²) in [6, 6.07) is 11.6. The highest BCUT2D eigenvalue weighted by molar-refractivity contribution is 9.11. The van der Waals surface area contributed by atoms with Crippen LogP contribution in [0.2, 0.25) is 5.02 Å². The van der Waals surface area contributed by atoms with E-state index in [1.165, 1.54) is 0 Å². The zero-order valence-electron chi connectivity index (χ0n) is 13.0. The molecule has 0 saturated carbocycles. The third kappa shape index (κ3) is 2.50. The molecule has 1 N–H and O–H groups in total. The molecule has 122 valence electrons. The van der Waals surface area contributed by atoms with Crippen molar-refractivity contribution in [1.29, 1.82) is 0 Å². The molecule has 0 atom stereocenters. The van der Waals surface area contributed by atoms with Crippen molar-refractivity contribution >= 4 is 43.5 Å². The molecule has 1 aliphatic heterocycles. The van der Waals surface area contributed by atoms with Gasteiger partial charge in [-0.15, -0.1) is 0 Å². The third-order valence-corrected chi connectivity index (χ3v) is 5.63. The van der Waals surface area contributed by atoms with Crippen LogP contribution < -0.4 is 4.74 Å². The summed E-state index contributed by atoms with van der Waals surface area (Å²) in [5.41, 5.74) is 3.26. The van der Waals surface area contributed by atoms with Crippen molar-refractivity contribution in [3.05, 3.63) is 56.1 Å². The predicted octanol–water partition coefficient (Wildman–Crippen LogP) is 6.55. The number of aromatic amines is 1. The molecule has 2 heterocycles. The van der Waals surface area contributed by atoms with Gasteiger partial charge in [0.1, 0.15) is 17.2 Å². The molecule has 0 saturated heterocycles. The molecular formula is C18H13Br2ClN2O. The first-order valence-corrected chi connectivity index (χ1v) is 9.37. The fourth-order valence-corrected chi connectivity index (χ4v) is 4.48. The topological polar surface area (TPSA) is 37.9 Å². The number of hydrogen-bond donors (Lipinski definition) is 1. The Morgan fingerprint density at radius 2 is 1.83 bits per heavy atom. The van der Waals surface area contributed by atoms with Gasteiger partial charge in [-0.3, -0.25) is 0 Å². The maximum Gasteiger partial charge on any atom is 0.145 e. The van der Waals surface area contributed by atoms with Gasteiger partial charge in [0.2, 0.25) is 0 Å². The van der Waals surface area contributed by atoms with Gasteiger partial charge < -0.3 is 9.72 Å². The number of imidazole rings is 1. The Labute approximate surface area is 161 Å². The summed E-state index contributed by atoms with van der Waals surface area (Å²) in [4.78, 5) is 8.32. The highest BCUT2D eigenvalue weighted by Gasteiger charge is 2.36. The minimum absolute atomic E-state index is 0.522. The first-order valence-electron chi connectivity index (χ1n) is 7.40. The van der Waals surface area contributed by atoms with E-state index in [-0.39, 0.29) is 0 Å². The van der Waals surface area contributed by atoms with Crippen molar-refractivity contribution in [3.8, 4) is 28.4 Å². The van der Waals surface area contributed by atoms with E-state index < -0.39 is 5.60 Å². The standard InChI is InChI=1S/C18H13Br2ClN2O/c1-18(2)16-15(10-7-6-9(21)8-13(10)24-18)22-17(23-16)14-11(19)4-3-5-12(14)20/h3-8H,1-2H3,(H,22,23). The third-order valence-electron chi connectivity index (χ3n) is 4.07. The molecule has 24 heavy (non-hydrogen) atoms. The second-order valence-electron chi connectivity index (χ2n) is 6.16. The molecule has 3 aromatic rings. The molecule has 0 radical (unpaired) electrons. The maximum absolute atomic E-state index is 6.16. The number of ether oxygens (including phenoxy) is 1. The van der Waals surface area contributed by atoms with Crippen molar-refractivity contribution in [2.75, 3.05) is 0 Å². The lowest BCUT2D eigenvalue weighted by Crippen LogP contribution is -2.29. The average Bonchev–Trinajstić information content (AvgIpc) is 2.92. The summed E-state index contributed by atoms with van der Waals surface area (Å²) >= 11 is 13.3. The molecule has 0 amide bonds. The molecule has 6 heteroatoms. The molecule has 0 bridgehead atoms. The Balaban J connectivity index is 1.97. The average molecular weight is 469 g/mol. The largest absolute Gasteiger partial charge is 0.481 e. The summed E-state index contributed by atoms with van der Waals surface area (Å²) in [6.07, 6.45) is 0. The number of H-pyrrole nitrogens is 1. The summed E-state index contributed by atoms with van der Waals surface area (Å²) in [7, 11) is 0. The zero-order valence-corrected chi connectivity index (χ0v) is 16.9. The Morgan fingerprint density at radius 1 is 1.12 bits per heavy atom. The highest BCUT2D eigenvalue weighted by Crippen LogP contribution is 2.46. The van der Waals surface area contributed by atoms with Crippen molar-refractivity contribution < 1.29 is 4.74 Å². The summed E-state index contributed by atoms with van der Waals surface area (Å²) in [6.45, 7) is 4.04. The molecule has 2 aromatic carbocycles. The van der Waals surface area contributed by atoms with Crippen molar-refractivity contribution in [3.63, 3.8) is 0 Å². The van der Waals surface area contributed by atoms with Gasteiger partial charge >= 0.3 is 0 Å². The van der Waals surface area contributed by atoms with E-state index in [2.05, 4.69) is 36.8 Å². The number of aromatic nitrogens is 2. The number of nitrogens with one attached hydrogen (secondary N) is 1. The molecule has 0 aliphatic carbocycles. The quantitative estimate of drug-likeness (QED) is 0.440. The monoisotopic (exact) mass is 466 g/mol. The van der Waals surface area contributed by atoms with Crippen molar-refractivity contribution in [2.45, 2.75) is 19.4 Å². The number of fused-ring (bicyclic) bond motifs is 3. The molecule has 0 unspecified atom stereocenters. The molecule has 3 nitrogen and oxygen atoms in total. The van der Waals surface area contributed by atoms with Crippen LogP contribution in [0, 0.1) is 0 Å². The number of hydrogen-bond acceptors (Lipinski definition) is 2. The second-order valence-corrected chi connectivity index (χ2v) is 8.30. The fourth-order valence-electron chi connectivity index (χ4n) is 2.95. The second kappa shape index (κ2) is 5.61. The van der Waals surface area contributed by atoms with Crippen molar-refractivity contribution in [1.82, 2.24) is 9.97 Å². The van der Waals surface area contributed by atoms with Crippen LogP contribution in [0.3, 0.4) is 0 Å². The lowest BCUT2D eigenvalue weighted by molar-refractivity contribution is 0.101. The number of halogens is 3. The predicted molar refractivity (Wildman–Crippen MR) is 104 cm³/mol. The minimum Gasteiger partial charge on any atom is -0.481 e. The van der Waals surface area contributed by atoms with E-state index in [9.17, 15) is 0 Å². The Bertz CT molecular complexity index is 945. The Kier molecular flexibility index (Phi) is 3.79. The Morgan fingerprint density at radius 3 is 2.54 bits per heavy atom. The van der Waals surface area contributed by atoms with Gasteiger partial charge in [-0.2, -0.15) is 0 Å². The summed E-state index contributed by atoms with van der Waals surface area (Å²) in [5.74, 6) is 1.54. The lowest BCUT2D eigenvalue weighted by Gasteiger charge is -2.31. The lowest BCUT2D eigenvalue weighted by atomic mass is 9.95. The SMILES string of the molecule is CC1(C)Oc2cc(Cl)ccc2-c2nc(-c3c(Br)cccc3Br)[nH]c21. The van der Waals surface area contributed by atoms with Crippen LogP contribution in [0.15, 0.2) is 45.3 Å². The van der Waals surface area contributed by atoms with Gasteiger partial charge in [-0.05, 0) is 76.0 Å². The number of rotatable bonds is 1. The zero-order chi connectivity index (χ0) is 17.1.